The molecule has 1 fully saturated rings. The normalized spacial score (nSPS) is 15.8. The van der Waals surface area contributed by atoms with Crippen LogP contribution >= 0.6 is 11.6 Å². The first-order valence-electron chi connectivity index (χ1n) is 13.0. The summed E-state index contributed by atoms with van der Waals surface area (Å²) in [5, 5.41) is 16.5. The van der Waals surface area contributed by atoms with Crippen LogP contribution in [0.3, 0.4) is 0 Å². The quantitative estimate of drug-likeness (QED) is 0.300. The van der Waals surface area contributed by atoms with Crippen LogP contribution in [0.4, 0.5) is 5.82 Å². The number of nitrogens with one attached hydrogen (secondary N) is 2. The second-order valence-electron chi connectivity index (χ2n) is 10.4. The third kappa shape index (κ3) is 4.13. The lowest BCUT2D eigenvalue weighted by Gasteiger charge is -2.26. The maximum atomic E-state index is 13.7. The molecule has 2 N–H and O–H groups in total. The molecule has 5 aromatic rings. The fraction of sp³-hybridized carbons (Fsp3) is 0.276. The van der Waals surface area contributed by atoms with Crippen LogP contribution in [0.2, 0.25) is 5.02 Å². The maximum Gasteiger partial charge on any atom is 0.292 e. The first-order valence-corrected chi connectivity index (χ1v) is 13.4. The second kappa shape index (κ2) is 8.91. The number of amides is 1. The van der Waals surface area contributed by atoms with Gasteiger partial charge in [0.25, 0.3) is 5.91 Å². The van der Waals surface area contributed by atoms with Crippen LogP contribution < -0.4 is 5.32 Å². The number of nitrogens with zero attached hydrogens (tertiary/aromatic N) is 5. The number of benzene rings is 2. The largest absolute Gasteiger partial charge is 0.361 e. The summed E-state index contributed by atoms with van der Waals surface area (Å²) < 4.78 is 5.42. The summed E-state index contributed by atoms with van der Waals surface area (Å²) in [7, 11) is 0. The van der Waals surface area contributed by atoms with Crippen LogP contribution in [0, 0.1) is 13.8 Å². The van der Waals surface area contributed by atoms with E-state index in [1.54, 1.807) is 11.1 Å². The number of aromatic amines is 1. The average Bonchev–Trinajstić information content (AvgIpc) is 3.43. The summed E-state index contributed by atoms with van der Waals surface area (Å²) >= 11 is 6.34. The molecule has 3 aromatic heterocycles. The SMILES string of the molecule is Cc1noc(C)c1-c1ccc2nc(C(=O)N3CCc4[nH]ncc4C3)nc(NC3(c4cccc(Cl)c4)CC3)c2c1. The molecule has 1 aliphatic carbocycles. The van der Waals surface area contributed by atoms with Gasteiger partial charge in [-0.25, -0.2) is 9.97 Å². The first kappa shape index (κ1) is 23.8. The number of halogens is 1. The number of aryl methyl sites for hydroxylation is 2. The molecule has 1 saturated carbocycles. The highest BCUT2D eigenvalue weighted by atomic mass is 35.5. The summed E-state index contributed by atoms with van der Waals surface area (Å²) in [6.07, 6.45) is 4.36. The Hall–Kier alpha value is -4.24. The molecule has 0 saturated heterocycles. The summed E-state index contributed by atoms with van der Waals surface area (Å²) in [4.78, 5) is 25.0. The standard InChI is InChI=1S/C29H26ClN7O2/c1-16-25(17(2)39-36-16)18-6-7-24-22(12-18)26(34-29(9-10-29)20-4-3-5-21(30)13-20)33-27(32-24)28(38)37-11-8-23-19(15-37)14-31-35-23/h3-7,12-14H,8-11,15H2,1-2H3,(H,31,35)(H,32,33,34). The molecule has 9 nitrogen and oxygen atoms in total. The number of hydrogen-bond donors (Lipinski definition) is 2. The van der Waals surface area contributed by atoms with Gasteiger partial charge in [-0.05, 0) is 62.1 Å². The fourth-order valence-corrected chi connectivity index (χ4v) is 5.72. The molecule has 10 heteroatoms. The lowest BCUT2D eigenvalue weighted by Crippen LogP contribution is -2.36. The van der Waals surface area contributed by atoms with E-state index in [-0.39, 0.29) is 17.3 Å². The molecule has 1 amide bonds. The zero-order valence-corrected chi connectivity index (χ0v) is 22.3. The molecule has 2 aliphatic rings. The maximum absolute atomic E-state index is 13.7. The molecule has 1 aliphatic heterocycles. The number of hydrogen-bond acceptors (Lipinski definition) is 7. The molecule has 0 bridgehead atoms. The summed E-state index contributed by atoms with van der Waals surface area (Å²) in [5.41, 5.74) is 6.30. The minimum atomic E-state index is -0.303. The van der Waals surface area contributed by atoms with Gasteiger partial charge in [-0.1, -0.05) is 35.0 Å². The van der Waals surface area contributed by atoms with E-state index in [1.807, 2.05) is 50.2 Å². The molecule has 0 unspecified atom stereocenters. The molecular weight excluding hydrogens is 514 g/mol. The van der Waals surface area contributed by atoms with Crippen LogP contribution in [0.5, 0.6) is 0 Å². The van der Waals surface area contributed by atoms with E-state index >= 15 is 0 Å². The topological polar surface area (TPSA) is 113 Å². The third-order valence-corrected chi connectivity index (χ3v) is 8.02. The van der Waals surface area contributed by atoms with Crippen molar-refractivity contribution < 1.29 is 9.32 Å². The number of H-pyrrole nitrogens is 1. The van der Waals surface area contributed by atoms with Gasteiger partial charge < -0.3 is 14.7 Å². The molecule has 0 spiro atoms. The summed E-state index contributed by atoms with van der Waals surface area (Å²) in [6.45, 7) is 4.89. The number of anilines is 1. The summed E-state index contributed by atoms with van der Waals surface area (Å²) in [6, 6.07) is 13.9. The van der Waals surface area contributed by atoms with E-state index in [0.29, 0.717) is 29.4 Å². The van der Waals surface area contributed by atoms with E-state index in [0.717, 1.165) is 64.1 Å². The number of carbonyl (C=O) groups excluding carboxylic acids is 1. The van der Waals surface area contributed by atoms with Gasteiger partial charge in [-0.3, -0.25) is 9.89 Å². The Labute approximate surface area is 229 Å². The minimum Gasteiger partial charge on any atom is -0.361 e. The molecule has 4 heterocycles. The van der Waals surface area contributed by atoms with Gasteiger partial charge in [0.15, 0.2) is 0 Å². The van der Waals surface area contributed by atoms with Crippen LogP contribution in [0.25, 0.3) is 22.0 Å². The van der Waals surface area contributed by atoms with Crippen molar-refractivity contribution >= 4 is 34.2 Å². The predicted molar refractivity (Wildman–Crippen MR) is 148 cm³/mol. The van der Waals surface area contributed by atoms with Gasteiger partial charge >= 0.3 is 0 Å². The van der Waals surface area contributed by atoms with Crippen molar-refractivity contribution in [2.24, 2.45) is 0 Å². The van der Waals surface area contributed by atoms with E-state index in [4.69, 9.17) is 26.1 Å². The van der Waals surface area contributed by atoms with Crippen molar-refractivity contribution in [2.45, 2.75) is 45.2 Å². The van der Waals surface area contributed by atoms with Gasteiger partial charge in [0.1, 0.15) is 11.6 Å². The summed E-state index contributed by atoms with van der Waals surface area (Å²) in [5.74, 6) is 1.34. The second-order valence-corrected chi connectivity index (χ2v) is 10.8. The van der Waals surface area contributed by atoms with Crippen molar-refractivity contribution in [2.75, 3.05) is 11.9 Å². The smallest absolute Gasteiger partial charge is 0.292 e. The Balaban J connectivity index is 1.33. The Bertz CT molecular complexity index is 1730. The van der Waals surface area contributed by atoms with Gasteiger partial charge in [-0.15, -0.1) is 0 Å². The molecule has 7 rings (SSSR count). The van der Waals surface area contributed by atoms with E-state index in [2.05, 4.69) is 26.7 Å². The van der Waals surface area contributed by atoms with E-state index < -0.39 is 0 Å². The highest BCUT2D eigenvalue weighted by Crippen LogP contribution is 2.49. The molecule has 39 heavy (non-hydrogen) atoms. The van der Waals surface area contributed by atoms with Gasteiger partial charge in [0.2, 0.25) is 5.82 Å². The predicted octanol–water partition coefficient (Wildman–Crippen LogP) is 5.58. The Morgan fingerprint density at radius 2 is 2.03 bits per heavy atom. The molecule has 196 valence electrons. The van der Waals surface area contributed by atoms with Crippen molar-refractivity contribution in [3.8, 4) is 11.1 Å². The zero-order valence-electron chi connectivity index (χ0n) is 21.6. The number of carbonyl (C=O) groups is 1. The lowest BCUT2D eigenvalue weighted by molar-refractivity contribution is 0.0722. The van der Waals surface area contributed by atoms with Gasteiger partial charge in [0, 0.05) is 46.7 Å². The van der Waals surface area contributed by atoms with Crippen LogP contribution in [-0.4, -0.2) is 42.7 Å². The highest BCUT2D eigenvalue weighted by molar-refractivity contribution is 6.30. The number of rotatable bonds is 5. The van der Waals surface area contributed by atoms with Crippen LogP contribution in [-0.2, 0) is 18.5 Å². The average molecular weight is 540 g/mol. The zero-order chi connectivity index (χ0) is 26.7. The number of aromatic nitrogens is 5. The minimum absolute atomic E-state index is 0.170. The third-order valence-electron chi connectivity index (χ3n) is 7.78. The molecule has 0 atom stereocenters. The Morgan fingerprint density at radius 3 is 2.79 bits per heavy atom. The van der Waals surface area contributed by atoms with Crippen molar-refractivity contribution in [3.05, 3.63) is 87.8 Å². The monoisotopic (exact) mass is 539 g/mol. The van der Waals surface area contributed by atoms with Crippen LogP contribution in [0.1, 0.15) is 51.7 Å². The highest BCUT2D eigenvalue weighted by Gasteiger charge is 2.45. The first-order chi connectivity index (χ1) is 18.9. The van der Waals surface area contributed by atoms with E-state index in [1.165, 1.54) is 0 Å². The molecular formula is C29H26ClN7O2. The molecule has 2 aromatic carbocycles. The lowest BCUT2D eigenvalue weighted by atomic mass is 10.0. The van der Waals surface area contributed by atoms with Crippen LogP contribution in [0.15, 0.2) is 53.2 Å². The van der Waals surface area contributed by atoms with Gasteiger partial charge in [-0.2, -0.15) is 5.10 Å². The number of fused-ring (bicyclic) bond motifs is 2. The van der Waals surface area contributed by atoms with Crippen molar-refractivity contribution in [3.63, 3.8) is 0 Å². The Morgan fingerprint density at radius 1 is 1.15 bits per heavy atom. The Kier molecular flexibility index (Phi) is 5.45. The van der Waals surface area contributed by atoms with Crippen molar-refractivity contribution in [1.29, 1.82) is 0 Å². The van der Waals surface area contributed by atoms with Crippen molar-refractivity contribution in [1.82, 2.24) is 30.2 Å². The molecule has 0 radical (unpaired) electrons. The van der Waals surface area contributed by atoms with E-state index in [9.17, 15) is 4.79 Å². The van der Waals surface area contributed by atoms with Gasteiger partial charge in [0.05, 0.1) is 22.9 Å². The fourth-order valence-electron chi connectivity index (χ4n) is 5.53.